The first-order valence-electron chi connectivity index (χ1n) is 8.40. The van der Waals surface area contributed by atoms with Gasteiger partial charge < -0.3 is 16.0 Å². The van der Waals surface area contributed by atoms with Crippen LogP contribution >= 0.6 is 47.0 Å². The van der Waals surface area contributed by atoms with Gasteiger partial charge in [-0.05, 0) is 54.9 Å². The Morgan fingerprint density at radius 1 is 1.07 bits per heavy atom. The SMILES string of the molecule is Cc1ccc(C)c(NC(=S)NC(NC(=O)/C=C/c2ccccc2)C(Cl)(Cl)Cl)c1. The van der Waals surface area contributed by atoms with Crippen molar-refractivity contribution in [3.8, 4) is 0 Å². The molecule has 0 aliphatic rings. The molecule has 0 saturated carbocycles. The molecule has 4 nitrogen and oxygen atoms in total. The Morgan fingerprint density at radius 3 is 2.39 bits per heavy atom. The molecular formula is C20H20Cl3N3OS. The molecule has 0 spiro atoms. The third kappa shape index (κ3) is 7.32. The van der Waals surface area contributed by atoms with E-state index in [2.05, 4.69) is 16.0 Å². The molecule has 2 aromatic carbocycles. The lowest BCUT2D eigenvalue weighted by atomic mass is 10.1. The molecule has 0 radical (unpaired) electrons. The van der Waals surface area contributed by atoms with E-state index >= 15 is 0 Å². The van der Waals surface area contributed by atoms with Gasteiger partial charge in [-0.3, -0.25) is 4.79 Å². The third-order valence-electron chi connectivity index (χ3n) is 3.76. The number of rotatable bonds is 5. The molecule has 2 rings (SSSR count). The average Bonchev–Trinajstić information content (AvgIpc) is 2.62. The molecule has 28 heavy (non-hydrogen) atoms. The lowest BCUT2D eigenvalue weighted by Crippen LogP contribution is -2.55. The van der Waals surface area contributed by atoms with Crippen molar-refractivity contribution >= 4 is 69.8 Å². The summed E-state index contributed by atoms with van der Waals surface area (Å²) in [6, 6.07) is 15.3. The second-order valence-electron chi connectivity index (χ2n) is 6.14. The maximum Gasteiger partial charge on any atom is 0.245 e. The van der Waals surface area contributed by atoms with Gasteiger partial charge in [0.2, 0.25) is 9.70 Å². The van der Waals surface area contributed by atoms with Crippen molar-refractivity contribution in [3.05, 3.63) is 71.3 Å². The zero-order valence-corrected chi connectivity index (χ0v) is 18.4. The van der Waals surface area contributed by atoms with Crippen molar-refractivity contribution in [3.63, 3.8) is 0 Å². The number of carbonyl (C=O) groups is 1. The number of thiocarbonyl (C=S) groups is 1. The molecule has 0 aromatic heterocycles. The van der Waals surface area contributed by atoms with E-state index in [-0.39, 0.29) is 5.11 Å². The number of amides is 1. The first kappa shape index (κ1) is 22.5. The zero-order valence-electron chi connectivity index (χ0n) is 15.3. The van der Waals surface area contributed by atoms with Gasteiger partial charge in [0.1, 0.15) is 6.17 Å². The molecule has 1 unspecified atom stereocenters. The van der Waals surface area contributed by atoms with Crippen molar-refractivity contribution < 1.29 is 4.79 Å². The van der Waals surface area contributed by atoms with E-state index in [1.54, 1.807) is 6.08 Å². The van der Waals surface area contributed by atoms with Crippen LogP contribution in [-0.4, -0.2) is 21.0 Å². The van der Waals surface area contributed by atoms with Crippen LogP contribution in [0.3, 0.4) is 0 Å². The normalized spacial score (nSPS) is 12.5. The number of benzene rings is 2. The highest BCUT2D eigenvalue weighted by Gasteiger charge is 2.34. The fourth-order valence-electron chi connectivity index (χ4n) is 2.29. The summed E-state index contributed by atoms with van der Waals surface area (Å²) in [7, 11) is 0. The summed E-state index contributed by atoms with van der Waals surface area (Å²) in [5.41, 5.74) is 3.79. The first-order valence-corrected chi connectivity index (χ1v) is 9.94. The minimum Gasteiger partial charge on any atom is -0.339 e. The molecule has 0 fully saturated rings. The summed E-state index contributed by atoms with van der Waals surface area (Å²) >= 11 is 23.3. The van der Waals surface area contributed by atoms with Gasteiger partial charge in [-0.15, -0.1) is 0 Å². The minimum atomic E-state index is -1.82. The van der Waals surface area contributed by atoms with Crippen LogP contribution in [0, 0.1) is 13.8 Å². The number of hydrogen-bond donors (Lipinski definition) is 3. The van der Waals surface area contributed by atoms with Gasteiger partial charge in [0, 0.05) is 11.8 Å². The van der Waals surface area contributed by atoms with Gasteiger partial charge in [-0.25, -0.2) is 0 Å². The van der Waals surface area contributed by atoms with Crippen LogP contribution in [-0.2, 0) is 4.79 Å². The van der Waals surface area contributed by atoms with Crippen LogP contribution < -0.4 is 16.0 Å². The molecule has 148 valence electrons. The van der Waals surface area contributed by atoms with Crippen molar-refractivity contribution in [2.24, 2.45) is 0 Å². The van der Waals surface area contributed by atoms with Crippen LogP contribution in [0.1, 0.15) is 16.7 Å². The standard InChI is InChI=1S/C20H20Cl3N3OS/c1-13-8-9-14(2)16(12-13)24-19(28)26-18(20(21,22)23)25-17(27)11-10-15-6-4-3-5-7-15/h3-12,18H,1-2H3,(H,25,27)(H2,24,26,28)/b11-10+. The summed E-state index contributed by atoms with van der Waals surface area (Å²) in [6.07, 6.45) is 1.99. The predicted molar refractivity (Wildman–Crippen MR) is 123 cm³/mol. The second kappa shape index (κ2) is 10.1. The topological polar surface area (TPSA) is 53.2 Å². The van der Waals surface area contributed by atoms with Crippen molar-refractivity contribution in [1.29, 1.82) is 0 Å². The number of aryl methyl sites for hydroxylation is 2. The number of alkyl halides is 3. The van der Waals surface area contributed by atoms with E-state index < -0.39 is 15.9 Å². The number of carbonyl (C=O) groups excluding carboxylic acids is 1. The quantitative estimate of drug-likeness (QED) is 0.253. The number of halogens is 3. The highest BCUT2D eigenvalue weighted by atomic mass is 35.6. The maximum atomic E-state index is 12.2. The van der Waals surface area contributed by atoms with Crippen LogP contribution in [0.4, 0.5) is 5.69 Å². The van der Waals surface area contributed by atoms with Gasteiger partial charge >= 0.3 is 0 Å². The molecule has 0 aliphatic carbocycles. The largest absolute Gasteiger partial charge is 0.339 e. The average molecular weight is 457 g/mol. The predicted octanol–water partition coefficient (Wildman–Crippen LogP) is 5.12. The van der Waals surface area contributed by atoms with Gasteiger partial charge in [0.05, 0.1) is 0 Å². The number of anilines is 1. The summed E-state index contributed by atoms with van der Waals surface area (Å²) < 4.78 is -1.82. The smallest absolute Gasteiger partial charge is 0.245 e. The minimum absolute atomic E-state index is 0.220. The van der Waals surface area contributed by atoms with Crippen LogP contribution in [0.15, 0.2) is 54.6 Å². The van der Waals surface area contributed by atoms with Gasteiger partial charge in [-0.2, -0.15) is 0 Å². The van der Waals surface area contributed by atoms with Crippen LogP contribution in [0.2, 0.25) is 0 Å². The number of hydrogen-bond acceptors (Lipinski definition) is 2. The Bertz CT molecular complexity index is 867. The second-order valence-corrected chi connectivity index (χ2v) is 8.92. The summed E-state index contributed by atoms with van der Waals surface area (Å²) in [5.74, 6) is -0.429. The molecule has 8 heteroatoms. The Morgan fingerprint density at radius 2 is 1.75 bits per heavy atom. The van der Waals surface area contributed by atoms with Gasteiger partial charge in [0.15, 0.2) is 5.11 Å². The molecule has 2 aromatic rings. The van der Waals surface area contributed by atoms with Crippen LogP contribution in [0.5, 0.6) is 0 Å². The fourth-order valence-corrected chi connectivity index (χ4v) is 2.84. The molecular weight excluding hydrogens is 437 g/mol. The van der Waals surface area contributed by atoms with Gasteiger partial charge in [0.25, 0.3) is 0 Å². The Labute approximate surface area is 185 Å². The molecule has 0 heterocycles. The Balaban J connectivity index is 2.03. The molecule has 0 saturated heterocycles. The van der Waals surface area contributed by atoms with Crippen molar-refractivity contribution in [2.45, 2.75) is 23.8 Å². The van der Waals surface area contributed by atoms with E-state index in [1.807, 2.05) is 62.4 Å². The molecule has 1 amide bonds. The van der Waals surface area contributed by atoms with Gasteiger partial charge in [-0.1, -0.05) is 77.3 Å². The van der Waals surface area contributed by atoms with Crippen LogP contribution in [0.25, 0.3) is 6.08 Å². The Hall–Kier alpha value is -1.79. The zero-order chi connectivity index (χ0) is 20.7. The maximum absolute atomic E-state index is 12.2. The highest BCUT2D eigenvalue weighted by Crippen LogP contribution is 2.29. The summed E-state index contributed by atoms with van der Waals surface area (Å²) in [6.45, 7) is 3.93. The lowest BCUT2D eigenvalue weighted by Gasteiger charge is -2.27. The molecule has 0 aliphatic heterocycles. The molecule has 3 N–H and O–H groups in total. The fraction of sp³-hybridized carbons (Fsp3) is 0.200. The molecule has 1 atom stereocenters. The van der Waals surface area contributed by atoms with E-state index in [1.165, 1.54) is 6.08 Å². The van der Waals surface area contributed by atoms with E-state index in [0.29, 0.717) is 0 Å². The van der Waals surface area contributed by atoms with E-state index in [0.717, 1.165) is 22.4 Å². The number of nitrogens with one attached hydrogen (secondary N) is 3. The summed E-state index contributed by atoms with van der Waals surface area (Å²) in [5, 5.41) is 8.73. The summed E-state index contributed by atoms with van der Waals surface area (Å²) in [4.78, 5) is 12.2. The highest BCUT2D eigenvalue weighted by molar-refractivity contribution is 7.80. The van der Waals surface area contributed by atoms with Crippen molar-refractivity contribution in [2.75, 3.05) is 5.32 Å². The monoisotopic (exact) mass is 455 g/mol. The van der Waals surface area contributed by atoms with E-state index in [4.69, 9.17) is 47.0 Å². The first-order chi connectivity index (χ1) is 13.1. The lowest BCUT2D eigenvalue weighted by molar-refractivity contribution is -0.117. The molecule has 0 bridgehead atoms. The van der Waals surface area contributed by atoms with E-state index in [9.17, 15) is 4.79 Å². The Kier molecular flexibility index (Phi) is 8.13. The third-order valence-corrected chi connectivity index (χ3v) is 4.63. The van der Waals surface area contributed by atoms with Crippen molar-refractivity contribution in [1.82, 2.24) is 10.6 Å².